The van der Waals surface area contributed by atoms with E-state index in [4.69, 9.17) is 16.0 Å². The van der Waals surface area contributed by atoms with Crippen LogP contribution in [0.3, 0.4) is 0 Å². The van der Waals surface area contributed by atoms with Gasteiger partial charge in [-0.1, -0.05) is 35.9 Å². The summed E-state index contributed by atoms with van der Waals surface area (Å²) in [4.78, 5) is 0. The second-order valence-electron chi connectivity index (χ2n) is 4.59. The van der Waals surface area contributed by atoms with Crippen LogP contribution in [0.15, 0.2) is 51.4 Å². The summed E-state index contributed by atoms with van der Waals surface area (Å²) in [6.07, 6.45) is 0. The molecule has 0 bridgehead atoms. The molecule has 1 aromatic heterocycles. The number of fused-ring (bicyclic) bond motifs is 1. The molecule has 0 fully saturated rings. The Kier molecular flexibility index (Phi) is 3.72. The number of nitrogens with one attached hydrogen (secondary N) is 1. The van der Waals surface area contributed by atoms with Gasteiger partial charge >= 0.3 is 0 Å². The Bertz CT molecular complexity index is 766. The van der Waals surface area contributed by atoms with Crippen molar-refractivity contribution in [2.24, 2.45) is 0 Å². The van der Waals surface area contributed by atoms with Crippen molar-refractivity contribution in [2.75, 3.05) is 5.32 Å². The van der Waals surface area contributed by atoms with Crippen LogP contribution in [0.1, 0.15) is 11.3 Å². The number of benzene rings is 2. The highest BCUT2D eigenvalue weighted by Gasteiger charge is 2.11. The molecule has 2 aromatic carbocycles. The minimum Gasteiger partial charge on any atom is -0.461 e. The lowest BCUT2D eigenvalue weighted by atomic mass is 10.1. The Hall–Kier alpha value is -1.45. The van der Waals surface area contributed by atoms with Gasteiger partial charge in [-0.05, 0) is 41.1 Å². The van der Waals surface area contributed by atoms with Crippen LogP contribution in [-0.4, -0.2) is 0 Å². The van der Waals surface area contributed by atoms with Crippen LogP contribution >= 0.6 is 27.5 Å². The average molecular weight is 351 g/mol. The molecule has 0 unspecified atom stereocenters. The van der Waals surface area contributed by atoms with Crippen molar-refractivity contribution in [1.29, 1.82) is 0 Å². The second kappa shape index (κ2) is 5.51. The van der Waals surface area contributed by atoms with E-state index in [1.807, 2.05) is 43.3 Å². The quantitative estimate of drug-likeness (QED) is 0.648. The highest BCUT2D eigenvalue weighted by molar-refractivity contribution is 9.10. The molecule has 0 amide bonds. The van der Waals surface area contributed by atoms with Gasteiger partial charge in [0.05, 0.1) is 15.2 Å². The molecule has 1 heterocycles. The summed E-state index contributed by atoms with van der Waals surface area (Å²) in [7, 11) is 0. The fourth-order valence-electron chi connectivity index (χ4n) is 2.26. The van der Waals surface area contributed by atoms with Crippen molar-refractivity contribution in [3.63, 3.8) is 0 Å². The molecule has 1 N–H and O–H groups in total. The van der Waals surface area contributed by atoms with Gasteiger partial charge in [-0.2, -0.15) is 0 Å². The monoisotopic (exact) mass is 349 g/mol. The van der Waals surface area contributed by atoms with E-state index in [9.17, 15) is 0 Å². The first-order chi connectivity index (χ1) is 9.66. The standard InChI is InChI=1S/C16H13BrClNO/c1-10-12(11-5-2-3-8-15(11)20-10)9-19-14-7-4-6-13(18)16(14)17/h2-8,19H,9H2,1H3. The lowest BCUT2D eigenvalue weighted by molar-refractivity contribution is 0.573. The SMILES string of the molecule is Cc1oc2ccccc2c1CNc1cccc(Cl)c1Br. The van der Waals surface area contributed by atoms with Crippen LogP contribution in [-0.2, 0) is 6.54 Å². The summed E-state index contributed by atoms with van der Waals surface area (Å²) in [6, 6.07) is 13.8. The zero-order valence-electron chi connectivity index (χ0n) is 10.9. The van der Waals surface area contributed by atoms with Gasteiger partial charge in [-0.25, -0.2) is 0 Å². The fraction of sp³-hybridized carbons (Fsp3) is 0.125. The van der Waals surface area contributed by atoms with Gasteiger partial charge in [0.1, 0.15) is 11.3 Å². The van der Waals surface area contributed by atoms with Gasteiger partial charge in [-0.15, -0.1) is 0 Å². The van der Waals surface area contributed by atoms with Crippen LogP contribution in [0.4, 0.5) is 5.69 Å². The van der Waals surface area contributed by atoms with E-state index >= 15 is 0 Å². The van der Waals surface area contributed by atoms with E-state index in [1.165, 1.54) is 5.56 Å². The zero-order chi connectivity index (χ0) is 14.1. The topological polar surface area (TPSA) is 25.2 Å². The molecule has 0 aliphatic carbocycles. The van der Waals surface area contributed by atoms with E-state index in [0.717, 1.165) is 26.9 Å². The molecular weight excluding hydrogens is 338 g/mol. The van der Waals surface area contributed by atoms with Crippen molar-refractivity contribution >= 4 is 44.2 Å². The van der Waals surface area contributed by atoms with E-state index in [1.54, 1.807) is 0 Å². The van der Waals surface area contributed by atoms with Crippen LogP contribution in [0.5, 0.6) is 0 Å². The largest absolute Gasteiger partial charge is 0.461 e. The van der Waals surface area contributed by atoms with Crippen molar-refractivity contribution in [2.45, 2.75) is 13.5 Å². The Balaban J connectivity index is 1.90. The van der Waals surface area contributed by atoms with Gasteiger partial charge in [0, 0.05) is 17.5 Å². The molecule has 0 radical (unpaired) electrons. The summed E-state index contributed by atoms with van der Waals surface area (Å²) in [5, 5.41) is 5.24. The summed E-state index contributed by atoms with van der Waals surface area (Å²) in [5.41, 5.74) is 3.07. The van der Waals surface area contributed by atoms with Crippen molar-refractivity contribution in [3.8, 4) is 0 Å². The summed E-state index contributed by atoms with van der Waals surface area (Å²) in [5.74, 6) is 0.942. The molecular formula is C16H13BrClNO. The van der Waals surface area contributed by atoms with Crippen LogP contribution in [0.2, 0.25) is 5.02 Å². The van der Waals surface area contributed by atoms with Gasteiger partial charge < -0.3 is 9.73 Å². The van der Waals surface area contributed by atoms with Crippen LogP contribution in [0.25, 0.3) is 11.0 Å². The van der Waals surface area contributed by atoms with Crippen molar-refractivity contribution in [3.05, 3.63) is 63.3 Å². The minimum atomic E-state index is 0.696. The first kappa shape index (κ1) is 13.5. The molecule has 0 aliphatic rings. The highest BCUT2D eigenvalue weighted by atomic mass is 79.9. The molecule has 0 saturated heterocycles. The normalized spacial score (nSPS) is 10.9. The fourth-order valence-corrected chi connectivity index (χ4v) is 2.84. The van der Waals surface area contributed by atoms with Crippen molar-refractivity contribution < 1.29 is 4.42 Å². The molecule has 102 valence electrons. The Morgan fingerprint density at radius 3 is 2.80 bits per heavy atom. The first-order valence-electron chi connectivity index (χ1n) is 6.31. The molecule has 20 heavy (non-hydrogen) atoms. The van der Waals surface area contributed by atoms with E-state index in [-0.39, 0.29) is 0 Å². The van der Waals surface area contributed by atoms with E-state index < -0.39 is 0 Å². The number of anilines is 1. The van der Waals surface area contributed by atoms with E-state index in [2.05, 4.69) is 27.3 Å². The molecule has 0 saturated carbocycles. The first-order valence-corrected chi connectivity index (χ1v) is 7.49. The molecule has 0 aliphatic heterocycles. The predicted molar refractivity (Wildman–Crippen MR) is 87.4 cm³/mol. The number of para-hydroxylation sites is 1. The third kappa shape index (κ3) is 2.43. The zero-order valence-corrected chi connectivity index (χ0v) is 13.3. The number of rotatable bonds is 3. The molecule has 3 aromatic rings. The minimum absolute atomic E-state index is 0.696. The molecule has 0 spiro atoms. The molecule has 3 rings (SSSR count). The summed E-state index contributed by atoms with van der Waals surface area (Å²) >= 11 is 9.59. The van der Waals surface area contributed by atoms with Gasteiger partial charge in [-0.3, -0.25) is 0 Å². The lowest BCUT2D eigenvalue weighted by Crippen LogP contribution is -2.00. The number of halogens is 2. The summed E-state index contributed by atoms with van der Waals surface area (Å²) < 4.78 is 6.65. The predicted octanol–water partition coefficient (Wildman–Crippen LogP) is 5.77. The van der Waals surface area contributed by atoms with Crippen molar-refractivity contribution in [1.82, 2.24) is 0 Å². The molecule has 2 nitrogen and oxygen atoms in total. The number of aryl methyl sites for hydroxylation is 1. The Morgan fingerprint density at radius 2 is 1.95 bits per heavy atom. The summed E-state index contributed by atoms with van der Waals surface area (Å²) in [6.45, 7) is 2.69. The van der Waals surface area contributed by atoms with Crippen LogP contribution in [0, 0.1) is 6.92 Å². The number of hydrogen-bond donors (Lipinski definition) is 1. The third-order valence-corrected chi connectivity index (χ3v) is 4.71. The molecule has 0 atom stereocenters. The smallest absolute Gasteiger partial charge is 0.134 e. The maximum atomic E-state index is 6.10. The van der Waals surface area contributed by atoms with Gasteiger partial charge in [0.2, 0.25) is 0 Å². The second-order valence-corrected chi connectivity index (χ2v) is 5.79. The van der Waals surface area contributed by atoms with Gasteiger partial charge in [0.25, 0.3) is 0 Å². The van der Waals surface area contributed by atoms with Gasteiger partial charge in [0.15, 0.2) is 0 Å². The Labute approximate surface area is 130 Å². The molecule has 4 heteroatoms. The number of furan rings is 1. The maximum Gasteiger partial charge on any atom is 0.134 e. The Morgan fingerprint density at radius 1 is 1.15 bits per heavy atom. The lowest BCUT2D eigenvalue weighted by Gasteiger charge is -2.09. The number of hydrogen-bond acceptors (Lipinski definition) is 2. The van der Waals surface area contributed by atoms with Crippen LogP contribution < -0.4 is 5.32 Å². The maximum absolute atomic E-state index is 6.10. The average Bonchev–Trinajstić information content (AvgIpc) is 2.76. The third-order valence-electron chi connectivity index (χ3n) is 3.31. The highest BCUT2D eigenvalue weighted by Crippen LogP contribution is 2.31. The van der Waals surface area contributed by atoms with E-state index in [0.29, 0.717) is 11.6 Å².